The summed E-state index contributed by atoms with van der Waals surface area (Å²) in [5.74, 6) is -0.502. The van der Waals surface area contributed by atoms with E-state index in [9.17, 15) is 21.6 Å². The number of rotatable bonds is 6. The molecule has 0 amide bonds. The Morgan fingerprint density at radius 2 is 1.69 bits per heavy atom. The fourth-order valence-corrected chi connectivity index (χ4v) is 3.45. The first kappa shape index (κ1) is 20.4. The molecule has 150 valence electrons. The van der Waals surface area contributed by atoms with Crippen molar-refractivity contribution in [2.45, 2.75) is 11.3 Å². The molecule has 5 nitrogen and oxygen atoms in total. The van der Waals surface area contributed by atoms with E-state index in [1.54, 1.807) is 48.7 Å². The zero-order valence-corrected chi connectivity index (χ0v) is 15.6. The van der Waals surface area contributed by atoms with E-state index in [0.29, 0.717) is 5.69 Å². The fourth-order valence-electron chi connectivity index (χ4n) is 2.40. The Kier molecular flexibility index (Phi) is 5.88. The van der Waals surface area contributed by atoms with Gasteiger partial charge in [0.25, 0.3) is 10.0 Å². The van der Waals surface area contributed by atoms with E-state index < -0.39 is 22.1 Å². The maximum absolute atomic E-state index is 12.5. The molecule has 0 unspecified atom stereocenters. The molecule has 1 N–H and O–H groups in total. The number of nitrogens with one attached hydrogen (secondary N) is 1. The fraction of sp³-hybridized carbons (Fsp3) is 0.0500. The highest BCUT2D eigenvalue weighted by molar-refractivity contribution is 7.92. The van der Waals surface area contributed by atoms with Gasteiger partial charge in [-0.2, -0.15) is 0 Å². The summed E-state index contributed by atoms with van der Waals surface area (Å²) in [6, 6.07) is 16.1. The third-order valence-corrected chi connectivity index (χ3v) is 5.04. The summed E-state index contributed by atoms with van der Waals surface area (Å²) in [5, 5.41) is 0. The van der Waals surface area contributed by atoms with E-state index in [4.69, 9.17) is 0 Å². The summed E-state index contributed by atoms with van der Waals surface area (Å²) in [5.41, 5.74) is 1.80. The van der Waals surface area contributed by atoms with Crippen molar-refractivity contribution < 1.29 is 26.3 Å². The lowest BCUT2D eigenvalue weighted by molar-refractivity contribution is -0.274. The average Bonchev–Trinajstić information content (AvgIpc) is 2.66. The SMILES string of the molecule is O=S(=O)(Nc1cccc(/C=C/c2ccccn2)c1)c1ccc(OC(F)(F)F)cc1. The molecule has 0 bridgehead atoms. The molecule has 0 saturated carbocycles. The van der Waals surface area contributed by atoms with Crippen molar-refractivity contribution in [1.29, 1.82) is 0 Å². The number of nitrogens with zero attached hydrogens (tertiary/aromatic N) is 1. The lowest BCUT2D eigenvalue weighted by Crippen LogP contribution is -2.17. The lowest BCUT2D eigenvalue weighted by Gasteiger charge is -2.11. The molecule has 0 fully saturated rings. The Morgan fingerprint density at radius 1 is 0.931 bits per heavy atom. The molecule has 0 aliphatic heterocycles. The van der Waals surface area contributed by atoms with Crippen LogP contribution in [0.5, 0.6) is 5.75 Å². The molecule has 29 heavy (non-hydrogen) atoms. The number of halogens is 3. The van der Waals surface area contributed by atoms with Gasteiger partial charge in [0.1, 0.15) is 5.75 Å². The predicted molar refractivity (Wildman–Crippen MR) is 104 cm³/mol. The van der Waals surface area contributed by atoms with Gasteiger partial charge in [0.2, 0.25) is 0 Å². The van der Waals surface area contributed by atoms with Crippen molar-refractivity contribution in [2.75, 3.05) is 4.72 Å². The summed E-state index contributed by atoms with van der Waals surface area (Å²) in [4.78, 5) is 3.97. The Bertz CT molecular complexity index is 1100. The molecule has 0 saturated heterocycles. The zero-order valence-electron chi connectivity index (χ0n) is 14.8. The Balaban J connectivity index is 1.74. The number of alkyl halides is 3. The number of anilines is 1. The molecule has 3 aromatic rings. The van der Waals surface area contributed by atoms with Gasteiger partial charge in [-0.05, 0) is 60.2 Å². The maximum Gasteiger partial charge on any atom is 0.573 e. The molecule has 9 heteroatoms. The van der Waals surface area contributed by atoms with E-state index in [0.717, 1.165) is 35.5 Å². The second-order valence-electron chi connectivity index (χ2n) is 5.84. The highest BCUT2D eigenvalue weighted by Crippen LogP contribution is 2.25. The van der Waals surface area contributed by atoms with E-state index >= 15 is 0 Å². The van der Waals surface area contributed by atoms with Gasteiger partial charge >= 0.3 is 6.36 Å². The Labute approximate surface area is 165 Å². The number of hydrogen-bond acceptors (Lipinski definition) is 4. The van der Waals surface area contributed by atoms with Gasteiger partial charge in [-0.1, -0.05) is 24.3 Å². The highest BCUT2D eigenvalue weighted by atomic mass is 32.2. The standard InChI is InChI=1S/C20H15F3N2O3S/c21-20(22,23)28-18-9-11-19(12-10-18)29(26,27)25-17-6-3-4-15(14-17)7-8-16-5-1-2-13-24-16/h1-14,25H/b8-7+. The van der Waals surface area contributed by atoms with Crippen LogP contribution < -0.4 is 9.46 Å². The summed E-state index contributed by atoms with van der Waals surface area (Å²) in [6.07, 6.45) is 0.382. The first-order chi connectivity index (χ1) is 13.7. The van der Waals surface area contributed by atoms with Crippen LogP contribution in [0.4, 0.5) is 18.9 Å². The maximum atomic E-state index is 12.5. The molecule has 0 radical (unpaired) electrons. The summed E-state index contributed by atoms with van der Waals surface area (Å²) in [6.45, 7) is 0. The largest absolute Gasteiger partial charge is 0.573 e. The Hall–Kier alpha value is -3.33. The van der Waals surface area contributed by atoms with Gasteiger partial charge in [0.05, 0.1) is 10.6 Å². The number of sulfonamides is 1. The van der Waals surface area contributed by atoms with Crippen LogP contribution in [0, 0.1) is 0 Å². The van der Waals surface area contributed by atoms with Crippen LogP contribution in [0.3, 0.4) is 0 Å². The molecular formula is C20H15F3N2O3S. The van der Waals surface area contributed by atoms with Crippen molar-refractivity contribution in [3.8, 4) is 5.75 Å². The predicted octanol–water partition coefficient (Wildman–Crippen LogP) is 4.95. The van der Waals surface area contributed by atoms with Gasteiger partial charge in [0.15, 0.2) is 0 Å². The minimum Gasteiger partial charge on any atom is -0.406 e. The van der Waals surface area contributed by atoms with Crippen molar-refractivity contribution in [1.82, 2.24) is 4.98 Å². The van der Waals surface area contributed by atoms with Crippen LogP contribution in [0.2, 0.25) is 0 Å². The van der Waals surface area contributed by atoms with Crippen LogP contribution in [0.15, 0.2) is 77.8 Å². The molecule has 0 atom stereocenters. The van der Waals surface area contributed by atoms with Crippen molar-refractivity contribution in [2.24, 2.45) is 0 Å². The van der Waals surface area contributed by atoms with E-state index in [1.807, 2.05) is 12.1 Å². The topological polar surface area (TPSA) is 68.3 Å². The number of aromatic nitrogens is 1. The summed E-state index contributed by atoms with van der Waals surface area (Å²) >= 11 is 0. The van der Waals surface area contributed by atoms with E-state index in [-0.39, 0.29) is 4.90 Å². The third kappa shape index (κ3) is 6.08. The highest BCUT2D eigenvalue weighted by Gasteiger charge is 2.31. The molecule has 0 spiro atoms. The van der Waals surface area contributed by atoms with Gasteiger partial charge < -0.3 is 4.74 Å². The van der Waals surface area contributed by atoms with Gasteiger partial charge in [0, 0.05) is 11.9 Å². The lowest BCUT2D eigenvalue weighted by atomic mass is 10.2. The van der Waals surface area contributed by atoms with Crippen LogP contribution in [-0.4, -0.2) is 19.8 Å². The van der Waals surface area contributed by atoms with Crippen molar-refractivity contribution >= 4 is 27.9 Å². The van der Waals surface area contributed by atoms with Crippen molar-refractivity contribution in [3.05, 3.63) is 84.2 Å². The van der Waals surface area contributed by atoms with E-state index in [2.05, 4.69) is 14.4 Å². The van der Waals surface area contributed by atoms with Crippen LogP contribution in [0.1, 0.15) is 11.3 Å². The van der Waals surface area contributed by atoms with Gasteiger partial charge in [-0.25, -0.2) is 8.42 Å². The minimum absolute atomic E-state index is 0.193. The molecule has 0 aliphatic rings. The monoisotopic (exact) mass is 420 g/mol. The average molecular weight is 420 g/mol. The summed E-state index contributed by atoms with van der Waals surface area (Å²) in [7, 11) is -3.98. The number of ether oxygens (including phenoxy) is 1. The number of hydrogen-bond donors (Lipinski definition) is 1. The van der Waals surface area contributed by atoms with Crippen molar-refractivity contribution in [3.63, 3.8) is 0 Å². The van der Waals surface area contributed by atoms with E-state index in [1.165, 1.54) is 0 Å². The molecule has 3 rings (SSSR count). The molecule has 0 aliphatic carbocycles. The molecule has 1 aromatic heterocycles. The van der Waals surface area contributed by atoms with Gasteiger partial charge in [-0.15, -0.1) is 13.2 Å². The molecule has 2 aromatic carbocycles. The zero-order chi connectivity index (χ0) is 20.9. The van der Waals surface area contributed by atoms with Crippen LogP contribution in [0.25, 0.3) is 12.2 Å². The van der Waals surface area contributed by atoms with Crippen LogP contribution in [-0.2, 0) is 10.0 Å². The second-order valence-corrected chi connectivity index (χ2v) is 7.52. The molecule has 1 heterocycles. The quantitative estimate of drug-likeness (QED) is 0.613. The number of benzene rings is 2. The first-order valence-corrected chi connectivity index (χ1v) is 9.77. The Morgan fingerprint density at radius 3 is 2.34 bits per heavy atom. The second kappa shape index (κ2) is 8.36. The number of pyridine rings is 1. The van der Waals surface area contributed by atoms with Gasteiger partial charge in [-0.3, -0.25) is 9.71 Å². The summed E-state index contributed by atoms with van der Waals surface area (Å²) < 4.78 is 67.7. The van der Waals surface area contributed by atoms with Crippen LogP contribution >= 0.6 is 0 Å². The smallest absolute Gasteiger partial charge is 0.406 e. The normalized spacial score (nSPS) is 12.1. The minimum atomic E-state index is -4.85. The molecular weight excluding hydrogens is 405 g/mol. The third-order valence-electron chi connectivity index (χ3n) is 3.64. The first-order valence-electron chi connectivity index (χ1n) is 8.29.